The number of hydrogen-bond acceptors (Lipinski definition) is 2. The minimum absolute atomic E-state index is 0. The van der Waals surface area contributed by atoms with Crippen molar-refractivity contribution in [1.29, 1.82) is 0 Å². The van der Waals surface area contributed by atoms with Crippen LogP contribution in [-0.4, -0.2) is 14.2 Å². The van der Waals surface area contributed by atoms with Crippen LogP contribution in [0.5, 0.6) is 0 Å². The summed E-state index contributed by atoms with van der Waals surface area (Å²) in [5.74, 6) is 0. The molecule has 0 saturated heterocycles. The van der Waals surface area contributed by atoms with Gasteiger partial charge in [-0.1, -0.05) is 0 Å². The molecule has 0 spiro atoms. The molecule has 0 radical (unpaired) electrons. The molecule has 0 aliphatic carbocycles. The summed E-state index contributed by atoms with van der Waals surface area (Å²) in [6.45, 7) is 0. The van der Waals surface area contributed by atoms with Gasteiger partial charge in [0.2, 0.25) is 0 Å². The van der Waals surface area contributed by atoms with Gasteiger partial charge in [0, 0.05) is 0 Å². The van der Waals surface area contributed by atoms with Crippen LogP contribution in [0.2, 0.25) is 0 Å². The van der Waals surface area contributed by atoms with E-state index in [0.717, 1.165) is 14.2 Å². The molecule has 2 nitrogen and oxygen atoms in total. The van der Waals surface area contributed by atoms with Crippen LogP contribution in [0.4, 0.5) is 0 Å². The van der Waals surface area contributed by atoms with E-state index in [-0.39, 0.29) is 37.7 Å². The van der Waals surface area contributed by atoms with Gasteiger partial charge in [-0.3, -0.25) is 0 Å². The van der Waals surface area contributed by atoms with Crippen molar-refractivity contribution in [3.05, 3.63) is 0 Å². The van der Waals surface area contributed by atoms with Crippen molar-refractivity contribution in [2.24, 2.45) is 0 Å². The summed E-state index contributed by atoms with van der Waals surface area (Å²) in [5.41, 5.74) is 0. The maximum Gasteiger partial charge on any atom is 1.00 e. The van der Waals surface area contributed by atoms with Crippen LogP contribution in [0.1, 0.15) is 0 Å². The number of rotatable bonds is 0. The largest absolute Gasteiger partial charge is 1.00 e. The zero-order valence-electron chi connectivity index (χ0n) is 4.82. The average molecular weight is 76.0 g/mol. The molecule has 0 saturated carbocycles. The minimum Gasteiger partial charge on any atom is -0.857 e. The minimum atomic E-state index is 0. The second kappa shape index (κ2) is 129. The van der Waals surface area contributed by atoms with Crippen LogP contribution in [0.25, 0.3) is 0 Å². The fraction of sp³-hybridized carbons (Fsp3) is 1.00. The Balaban J connectivity index is -0.00000000500. The van der Waals surface area contributed by atoms with Gasteiger partial charge >= 0.3 is 37.7 Å². The fourth-order valence-corrected chi connectivity index (χ4v) is 0. The molecule has 0 aromatic carbocycles. The molecule has 0 unspecified atom stereocenters. The summed E-state index contributed by atoms with van der Waals surface area (Å²) in [6, 6.07) is 0. The summed E-state index contributed by atoms with van der Waals surface area (Å²) in [4.78, 5) is 0. The third-order valence-corrected chi connectivity index (χ3v) is 0. The smallest absolute Gasteiger partial charge is 0.857 e. The quantitative estimate of drug-likeness (QED) is 0.269. The molecule has 0 fully saturated rings. The maximum absolute atomic E-state index is 8.25. The topological polar surface area (TPSA) is 46.1 Å². The van der Waals surface area contributed by atoms with E-state index in [1.165, 1.54) is 0 Å². The molecule has 0 bridgehead atoms. The van der Waals surface area contributed by atoms with E-state index in [0.29, 0.717) is 0 Å². The van der Waals surface area contributed by atoms with Crippen molar-refractivity contribution in [2.75, 3.05) is 14.2 Å². The van der Waals surface area contributed by atoms with E-state index in [4.69, 9.17) is 10.2 Å². The molecule has 0 aromatic heterocycles. The van der Waals surface area contributed by atoms with Gasteiger partial charge in [-0.05, 0) is 0 Å². The van der Waals surface area contributed by atoms with Gasteiger partial charge in [-0.25, -0.2) is 0 Å². The Morgan fingerprint density at radius 1 is 0.667 bits per heavy atom. The fourth-order valence-electron chi connectivity index (χ4n) is 0. The van der Waals surface area contributed by atoms with Crippen LogP contribution >= 0.6 is 0 Å². The normalized spacial score (nSPS) is 2.00. The Kier molecular flexibility index (Phi) is 588. The van der Waals surface area contributed by atoms with Crippen LogP contribution < -0.4 is 47.9 Å². The second-order valence-electron chi connectivity index (χ2n) is 0. The first-order chi connectivity index (χ1) is 2.00. The van der Waals surface area contributed by atoms with Gasteiger partial charge in [0.15, 0.2) is 0 Å². The molecule has 0 N–H and O–H groups in total. The van der Waals surface area contributed by atoms with E-state index < -0.39 is 0 Å². The van der Waals surface area contributed by atoms with Crippen molar-refractivity contribution < 1.29 is 47.9 Å². The van der Waals surface area contributed by atoms with E-state index >= 15 is 0 Å². The van der Waals surface area contributed by atoms with Crippen LogP contribution in [0.3, 0.4) is 0 Å². The van der Waals surface area contributed by atoms with E-state index in [2.05, 4.69) is 0 Å². The van der Waals surface area contributed by atoms with Crippen molar-refractivity contribution in [2.45, 2.75) is 0 Å². The van der Waals surface area contributed by atoms with Crippen LogP contribution in [0, 0.1) is 0 Å². The van der Waals surface area contributed by atoms with E-state index in [9.17, 15) is 0 Å². The summed E-state index contributed by atoms with van der Waals surface area (Å²) >= 11 is 0. The molecule has 0 aliphatic heterocycles. The predicted molar refractivity (Wildman–Crippen MR) is 11.8 cm³/mol. The summed E-state index contributed by atoms with van der Waals surface area (Å²) < 4.78 is 0. The SMILES string of the molecule is C[O-].C[O-].[Li+].[Li+]. The third-order valence-electron chi connectivity index (χ3n) is 0. The second-order valence-corrected chi connectivity index (χ2v) is 0. The molecular formula is C2H6Li2O2. The van der Waals surface area contributed by atoms with Crippen LogP contribution in [-0.2, 0) is 0 Å². The van der Waals surface area contributed by atoms with Crippen molar-refractivity contribution in [1.82, 2.24) is 0 Å². The standard InChI is InChI=1S/2CH3O.2Li/c2*1-2;;/h2*1H3;;/q2*-1;2*+1. The van der Waals surface area contributed by atoms with Crippen molar-refractivity contribution in [3.8, 4) is 0 Å². The molecule has 0 amide bonds. The molecule has 0 heterocycles. The Morgan fingerprint density at radius 2 is 0.667 bits per heavy atom. The summed E-state index contributed by atoms with van der Waals surface area (Å²) in [6.07, 6.45) is 0. The first-order valence-corrected chi connectivity index (χ1v) is 0.816. The summed E-state index contributed by atoms with van der Waals surface area (Å²) in [7, 11) is 1.50. The van der Waals surface area contributed by atoms with Gasteiger partial charge < -0.3 is 10.2 Å². The van der Waals surface area contributed by atoms with Crippen LogP contribution in [0.15, 0.2) is 0 Å². The molecule has 0 atom stereocenters. The van der Waals surface area contributed by atoms with Crippen molar-refractivity contribution >= 4 is 0 Å². The van der Waals surface area contributed by atoms with Gasteiger partial charge in [0.05, 0.1) is 0 Å². The maximum atomic E-state index is 8.25. The molecule has 4 heteroatoms. The predicted octanol–water partition coefficient (Wildman–Crippen LogP) is -8.04. The first-order valence-electron chi connectivity index (χ1n) is 0.816. The van der Waals surface area contributed by atoms with Gasteiger partial charge in [-0.2, -0.15) is 14.2 Å². The monoisotopic (exact) mass is 76.1 g/mol. The van der Waals surface area contributed by atoms with Gasteiger partial charge in [0.25, 0.3) is 0 Å². The van der Waals surface area contributed by atoms with E-state index in [1.807, 2.05) is 0 Å². The molecule has 0 aliphatic rings. The Labute approximate surface area is 62.3 Å². The number of hydrogen-bond donors (Lipinski definition) is 0. The van der Waals surface area contributed by atoms with E-state index in [1.54, 1.807) is 0 Å². The van der Waals surface area contributed by atoms with Gasteiger partial charge in [-0.15, -0.1) is 0 Å². The Hall–Kier alpha value is 1.11. The molecule has 0 rings (SSSR count). The summed E-state index contributed by atoms with van der Waals surface area (Å²) in [5, 5.41) is 16.5. The molecule has 6 heavy (non-hydrogen) atoms. The first kappa shape index (κ1) is 27.4. The molecule has 28 valence electrons. The molecular weight excluding hydrogens is 69.9 g/mol. The zero-order valence-corrected chi connectivity index (χ0v) is 4.82. The van der Waals surface area contributed by atoms with Gasteiger partial charge in [0.1, 0.15) is 0 Å². The third kappa shape index (κ3) is 69.7. The molecule has 0 aromatic rings. The Morgan fingerprint density at radius 3 is 0.667 bits per heavy atom. The zero-order chi connectivity index (χ0) is 4.00. The van der Waals surface area contributed by atoms with Crippen molar-refractivity contribution in [3.63, 3.8) is 0 Å². The average Bonchev–Trinajstić information content (AvgIpc) is 1.50. The Bertz CT molecular complexity index is 9.51.